The van der Waals surface area contributed by atoms with Crippen molar-refractivity contribution in [3.8, 4) is 0 Å². The van der Waals surface area contributed by atoms with Gasteiger partial charge in [0.15, 0.2) is 29.8 Å². The molecule has 0 saturated carbocycles. The van der Waals surface area contributed by atoms with Crippen LogP contribution in [0.15, 0.2) is 57.6 Å². The number of aliphatic carboxylic acids is 1. The third-order valence-electron chi connectivity index (χ3n) is 6.06. The second-order valence-corrected chi connectivity index (χ2v) is 11.6. The fourth-order valence-corrected chi connectivity index (χ4v) is 7.06. The molecule has 0 unspecified atom stereocenters. The van der Waals surface area contributed by atoms with E-state index in [-0.39, 0.29) is 22.2 Å². The van der Waals surface area contributed by atoms with Gasteiger partial charge in [-0.3, -0.25) is 14.5 Å². The van der Waals surface area contributed by atoms with Gasteiger partial charge >= 0.3 is 5.97 Å². The van der Waals surface area contributed by atoms with Crippen LogP contribution in [0.1, 0.15) is 5.69 Å². The Labute approximate surface area is 234 Å². The van der Waals surface area contributed by atoms with Crippen molar-refractivity contribution in [3.05, 3.63) is 53.1 Å². The standard InChI is InChI=1S/C23H24N8O5S3/c1-36-28-16(14-11-39-23(25)26-14)19(32)27-17-20(33)31-18(22(34)35)12(10-38-21(17)31)8-29-5-6-30-13(9-29)2-3-15(30)37-7-4-24/h2-3,5-6,9,11,17,21H,4,7-8,10,24H2,1H3,(H3-,25,26,27,32,34,35)/p+1/b28-16-/t17-,21-/m1/s1. The number of aromatic nitrogens is 3. The topological polar surface area (TPSA) is 182 Å². The maximum absolute atomic E-state index is 13.1. The normalized spacial score (nSPS) is 19.2. The SMILES string of the molecule is CO/N=C(\C(=O)N[C@@H]1C(=O)N2C(C(=O)O)=C(C[n+]3ccn4c(SCCN)ccc4c3)CS[C@H]12)c1csc(N)n1. The van der Waals surface area contributed by atoms with Gasteiger partial charge in [-0.05, 0) is 12.1 Å². The Bertz CT molecular complexity index is 1520. The molecule has 0 aliphatic carbocycles. The number of β-lactam (4-membered cyclic amide) rings is 1. The molecular formula is C23H25N8O5S3+. The Morgan fingerprint density at radius 2 is 2.23 bits per heavy atom. The minimum atomic E-state index is -1.20. The zero-order valence-electron chi connectivity index (χ0n) is 20.6. The zero-order valence-corrected chi connectivity index (χ0v) is 23.1. The van der Waals surface area contributed by atoms with E-state index in [1.54, 1.807) is 17.1 Å². The summed E-state index contributed by atoms with van der Waals surface area (Å²) in [5.74, 6) is -1.20. The maximum Gasteiger partial charge on any atom is 0.352 e. The van der Waals surface area contributed by atoms with Crippen molar-refractivity contribution >= 4 is 69.0 Å². The monoisotopic (exact) mass is 589 g/mol. The Morgan fingerprint density at radius 1 is 1.41 bits per heavy atom. The molecule has 0 radical (unpaired) electrons. The number of nitrogens with one attached hydrogen (secondary N) is 1. The van der Waals surface area contributed by atoms with Gasteiger partial charge in [-0.25, -0.2) is 9.78 Å². The van der Waals surface area contributed by atoms with E-state index in [4.69, 9.17) is 16.3 Å². The highest BCUT2D eigenvalue weighted by Gasteiger charge is 2.54. The number of oxime groups is 1. The van der Waals surface area contributed by atoms with Crippen molar-refractivity contribution in [2.45, 2.75) is 23.0 Å². The van der Waals surface area contributed by atoms with Gasteiger partial charge in [0.2, 0.25) is 0 Å². The number of carbonyl (C=O) groups excluding carboxylic acids is 2. The molecule has 3 aromatic rings. The van der Waals surface area contributed by atoms with Crippen molar-refractivity contribution in [2.75, 3.05) is 30.9 Å². The minimum absolute atomic E-state index is 0.0609. The number of hydrogen-bond acceptors (Lipinski definition) is 11. The lowest BCUT2D eigenvalue weighted by Gasteiger charge is -2.49. The Balaban J connectivity index is 1.33. The van der Waals surface area contributed by atoms with Crippen LogP contribution in [-0.4, -0.2) is 79.5 Å². The smallest absolute Gasteiger partial charge is 0.352 e. The lowest BCUT2D eigenvalue weighted by Crippen LogP contribution is -2.71. The molecular weight excluding hydrogens is 565 g/mol. The number of anilines is 1. The third-order valence-corrected chi connectivity index (χ3v) is 9.14. The lowest BCUT2D eigenvalue weighted by atomic mass is 10.0. The van der Waals surface area contributed by atoms with Crippen LogP contribution in [0.25, 0.3) is 5.52 Å². The summed E-state index contributed by atoms with van der Waals surface area (Å²) < 4.78 is 3.94. The molecule has 16 heteroatoms. The molecule has 2 amide bonds. The molecule has 0 spiro atoms. The quantitative estimate of drug-likeness (QED) is 0.0833. The lowest BCUT2D eigenvalue weighted by molar-refractivity contribution is -0.688. The van der Waals surface area contributed by atoms with E-state index >= 15 is 0 Å². The number of thiazole rings is 1. The van der Waals surface area contributed by atoms with Crippen LogP contribution in [0.2, 0.25) is 0 Å². The second kappa shape index (κ2) is 11.3. The van der Waals surface area contributed by atoms with Crippen molar-refractivity contribution in [2.24, 2.45) is 10.9 Å². The van der Waals surface area contributed by atoms with Gasteiger partial charge in [-0.2, -0.15) is 4.57 Å². The van der Waals surface area contributed by atoms with Crippen LogP contribution in [0.5, 0.6) is 0 Å². The number of thioether (sulfide) groups is 2. The number of carboxylic acid groups (broad SMARTS) is 1. The van der Waals surface area contributed by atoms with Crippen molar-refractivity contribution < 1.29 is 28.9 Å². The van der Waals surface area contributed by atoms with Gasteiger partial charge < -0.3 is 31.1 Å². The van der Waals surface area contributed by atoms with Crippen molar-refractivity contribution in [1.82, 2.24) is 19.6 Å². The van der Waals surface area contributed by atoms with Gasteiger partial charge in [0.05, 0.1) is 11.2 Å². The number of nitrogens with two attached hydrogens (primary N) is 2. The summed E-state index contributed by atoms with van der Waals surface area (Å²) in [7, 11) is 1.29. The van der Waals surface area contributed by atoms with Gasteiger partial charge in [0, 0.05) is 29.0 Å². The van der Waals surface area contributed by atoms with Gasteiger partial charge in [-0.1, -0.05) is 5.16 Å². The van der Waals surface area contributed by atoms with Gasteiger partial charge in [0.25, 0.3) is 11.8 Å². The maximum atomic E-state index is 13.1. The van der Waals surface area contributed by atoms with Crippen LogP contribution in [-0.2, 0) is 25.8 Å². The molecule has 3 aromatic heterocycles. The molecule has 2 aliphatic rings. The molecule has 5 heterocycles. The highest BCUT2D eigenvalue weighted by molar-refractivity contribution is 8.00. The Hall–Kier alpha value is -3.60. The van der Waals surface area contributed by atoms with Crippen LogP contribution < -0.4 is 21.4 Å². The van der Waals surface area contributed by atoms with Crippen LogP contribution >= 0.6 is 34.9 Å². The van der Waals surface area contributed by atoms with E-state index in [0.29, 0.717) is 24.4 Å². The Kier molecular flexibility index (Phi) is 7.79. The minimum Gasteiger partial charge on any atom is -0.477 e. The van der Waals surface area contributed by atoms with Gasteiger partial charge in [0.1, 0.15) is 35.4 Å². The van der Waals surface area contributed by atoms with E-state index in [0.717, 1.165) is 27.6 Å². The third kappa shape index (κ3) is 5.19. The Morgan fingerprint density at radius 3 is 2.92 bits per heavy atom. The predicted octanol–water partition coefficient (Wildman–Crippen LogP) is 0.106. The number of amides is 2. The molecule has 0 bridgehead atoms. The first kappa shape index (κ1) is 27.0. The molecule has 5 rings (SSSR count). The number of nitrogen functional groups attached to an aromatic ring is 1. The summed E-state index contributed by atoms with van der Waals surface area (Å²) >= 11 is 4.18. The fraction of sp³-hybridized carbons (Fsp3) is 0.304. The average Bonchev–Trinajstić information content (AvgIpc) is 3.54. The number of nitrogens with zero attached hydrogens (tertiary/aromatic N) is 5. The van der Waals surface area contributed by atoms with E-state index in [9.17, 15) is 19.5 Å². The summed E-state index contributed by atoms with van der Waals surface area (Å²) in [6, 6.07) is 3.08. The number of hydrogen-bond donors (Lipinski definition) is 4. The van der Waals surface area contributed by atoms with Crippen LogP contribution in [0, 0.1) is 0 Å². The number of carboxylic acids is 1. The number of rotatable bonds is 10. The summed E-state index contributed by atoms with van der Waals surface area (Å²) in [5, 5.41) is 18.7. The first-order valence-electron chi connectivity index (χ1n) is 11.7. The largest absolute Gasteiger partial charge is 0.477 e. The summed E-state index contributed by atoms with van der Waals surface area (Å²) in [6.45, 7) is 0.878. The van der Waals surface area contributed by atoms with Gasteiger partial charge in [-0.15, -0.1) is 34.9 Å². The molecule has 2 atom stereocenters. The van der Waals surface area contributed by atoms with E-state index in [2.05, 4.69) is 15.5 Å². The molecule has 1 saturated heterocycles. The highest BCUT2D eigenvalue weighted by atomic mass is 32.2. The second-order valence-electron chi connectivity index (χ2n) is 8.51. The highest BCUT2D eigenvalue weighted by Crippen LogP contribution is 2.40. The number of fused-ring (bicyclic) bond motifs is 2. The van der Waals surface area contributed by atoms with Crippen molar-refractivity contribution in [3.63, 3.8) is 0 Å². The predicted molar refractivity (Wildman–Crippen MR) is 147 cm³/mol. The zero-order chi connectivity index (χ0) is 27.7. The van der Waals surface area contributed by atoms with E-state index in [1.165, 1.54) is 23.8 Å². The molecule has 1 fully saturated rings. The molecule has 0 aromatic carbocycles. The van der Waals surface area contributed by atoms with Crippen LogP contribution in [0.3, 0.4) is 0 Å². The van der Waals surface area contributed by atoms with Crippen LogP contribution in [0.4, 0.5) is 5.13 Å². The summed E-state index contributed by atoms with van der Waals surface area (Å²) in [4.78, 5) is 48.4. The molecule has 204 valence electrons. The summed E-state index contributed by atoms with van der Waals surface area (Å²) in [6.07, 6.45) is 5.72. The summed E-state index contributed by atoms with van der Waals surface area (Å²) in [5.41, 5.74) is 12.9. The molecule has 13 nitrogen and oxygen atoms in total. The average molecular weight is 590 g/mol. The molecule has 2 aliphatic heterocycles. The first-order chi connectivity index (χ1) is 18.8. The number of carbonyl (C=O) groups is 3. The van der Waals surface area contributed by atoms with E-state index < -0.39 is 29.2 Å². The molecule has 39 heavy (non-hydrogen) atoms. The van der Waals surface area contributed by atoms with E-state index in [1.807, 2.05) is 39.7 Å². The van der Waals surface area contributed by atoms with Crippen molar-refractivity contribution in [1.29, 1.82) is 0 Å². The fourth-order valence-electron chi connectivity index (χ4n) is 4.38. The first-order valence-corrected chi connectivity index (χ1v) is 14.6. The molecule has 6 N–H and O–H groups in total.